The van der Waals surface area contributed by atoms with E-state index >= 15 is 0 Å². The number of anilines is 1. The third kappa shape index (κ3) is 2.57. The molecule has 3 heteroatoms. The molecule has 0 spiro atoms. The van der Waals surface area contributed by atoms with Gasteiger partial charge in [0.1, 0.15) is 5.82 Å². The second-order valence-corrected chi connectivity index (χ2v) is 4.22. The lowest BCUT2D eigenvalue weighted by Gasteiger charge is -2.08. The molecule has 1 N–H and O–H groups in total. The number of halogens is 1. The van der Waals surface area contributed by atoms with Gasteiger partial charge in [-0.25, -0.2) is 4.39 Å². The molecular formula is C12H12FNS. The minimum atomic E-state index is -0.186. The highest BCUT2D eigenvalue weighted by Gasteiger charge is 1.99. The van der Waals surface area contributed by atoms with Crippen LogP contribution in [0.25, 0.3) is 0 Å². The van der Waals surface area contributed by atoms with Crippen molar-refractivity contribution in [1.82, 2.24) is 0 Å². The van der Waals surface area contributed by atoms with Crippen LogP contribution in [0.4, 0.5) is 10.1 Å². The van der Waals surface area contributed by atoms with Crippen molar-refractivity contribution in [3.05, 3.63) is 52.0 Å². The summed E-state index contributed by atoms with van der Waals surface area (Å²) >= 11 is 1.68. The van der Waals surface area contributed by atoms with E-state index in [0.29, 0.717) is 0 Å². The summed E-state index contributed by atoms with van der Waals surface area (Å²) in [5, 5.41) is 7.44. The first-order valence-electron chi connectivity index (χ1n) is 4.77. The summed E-state index contributed by atoms with van der Waals surface area (Å²) < 4.78 is 12.8. The fourth-order valence-electron chi connectivity index (χ4n) is 1.42. The van der Waals surface area contributed by atoms with Crippen molar-refractivity contribution in [1.29, 1.82) is 0 Å². The third-order valence-corrected chi connectivity index (χ3v) is 2.98. The number of nitrogens with one attached hydrogen (secondary N) is 1. The van der Waals surface area contributed by atoms with Crippen LogP contribution in [0, 0.1) is 12.7 Å². The van der Waals surface area contributed by atoms with Gasteiger partial charge in [0, 0.05) is 12.2 Å². The quantitative estimate of drug-likeness (QED) is 0.831. The lowest BCUT2D eigenvalue weighted by Crippen LogP contribution is -1.99. The van der Waals surface area contributed by atoms with Gasteiger partial charge in [-0.3, -0.25) is 0 Å². The first-order chi connectivity index (χ1) is 7.25. The summed E-state index contributed by atoms with van der Waals surface area (Å²) in [5.74, 6) is -0.186. The van der Waals surface area contributed by atoms with Gasteiger partial charge in [-0.05, 0) is 53.1 Å². The molecule has 0 bridgehead atoms. The number of rotatable bonds is 3. The van der Waals surface area contributed by atoms with Gasteiger partial charge in [0.2, 0.25) is 0 Å². The predicted octanol–water partition coefficient (Wildman–Crippen LogP) is 3.81. The van der Waals surface area contributed by atoms with Crippen LogP contribution >= 0.6 is 11.3 Å². The molecule has 2 aromatic rings. The van der Waals surface area contributed by atoms with Crippen LogP contribution in [0.1, 0.15) is 11.1 Å². The Morgan fingerprint density at radius 2 is 2.20 bits per heavy atom. The lowest BCUT2D eigenvalue weighted by atomic mass is 10.2. The SMILES string of the molecule is Cc1cc(F)ccc1NCc1ccsc1. The normalized spacial score (nSPS) is 10.3. The molecule has 0 saturated carbocycles. The Morgan fingerprint density at radius 1 is 1.33 bits per heavy atom. The number of aryl methyl sites for hydroxylation is 1. The highest BCUT2D eigenvalue weighted by molar-refractivity contribution is 7.07. The summed E-state index contributed by atoms with van der Waals surface area (Å²) in [5.41, 5.74) is 3.18. The molecule has 0 amide bonds. The van der Waals surface area contributed by atoms with Gasteiger partial charge in [0.05, 0.1) is 0 Å². The van der Waals surface area contributed by atoms with Crippen molar-refractivity contribution >= 4 is 17.0 Å². The molecular weight excluding hydrogens is 209 g/mol. The van der Waals surface area contributed by atoms with Crippen molar-refractivity contribution in [2.24, 2.45) is 0 Å². The van der Waals surface area contributed by atoms with Gasteiger partial charge in [-0.15, -0.1) is 0 Å². The van der Waals surface area contributed by atoms with Crippen LogP contribution < -0.4 is 5.32 Å². The van der Waals surface area contributed by atoms with Crippen LogP contribution in [-0.2, 0) is 6.54 Å². The largest absolute Gasteiger partial charge is 0.381 e. The standard InChI is InChI=1S/C12H12FNS/c1-9-6-11(13)2-3-12(9)14-7-10-4-5-15-8-10/h2-6,8,14H,7H2,1H3. The molecule has 1 heterocycles. The van der Waals surface area contributed by atoms with Gasteiger partial charge < -0.3 is 5.32 Å². The molecule has 0 saturated heterocycles. The fourth-order valence-corrected chi connectivity index (χ4v) is 2.08. The molecule has 15 heavy (non-hydrogen) atoms. The monoisotopic (exact) mass is 221 g/mol. The molecule has 0 unspecified atom stereocenters. The maximum atomic E-state index is 12.8. The van der Waals surface area contributed by atoms with E-state index in [-0.39, 0.29) is 5.82 Å². The van der Waals surface area contributed by atoms with Gasteiger partial charge >= 0.3 is 0 Å². The van der Waals surface area contributed by atoms with Crippen molar-refractivity contribution in [3.63, 3.8) is 0 Å². The zero-order chi connectivity index (χ0) is 10.7. The van der Waals surface area contributed by atoms with E-state index in [0.717, 1.165) is 17.8 Å². The summed E-state index contributed by atoms with van der Waals surface area (Å²) in [4.78, 5) is 0. The molecule has 78 valence electrons. The van der Waals surface area contributed by atoms with E-state index in [4.69, 9.17) is 0 Å². The topological polar surface area (TPSA) is 12.0 Å². The highest BCUT2D eigenvalue weighted by atomic mass is 32.1. The molecule has 1 nitrogen and oxygen atoms in total. The van der Waals surface area contributed by atoms with Crippen LogP contribution in [-0.4, -0.2) is 0 Å². The summed E-state index contributed by atoms with van der Waals surface area (Å²) in [7, 11) is 0. The molecule has 0 aliphatic rings. The summed E-state index contributed by atoms with van der Waals surface area (Å²) in [6, 6.07) is 6.87. The molecule has 0 aliphatic carbocycles. The van der Waals surface area contributed by atoms with E-state index in [2.05, 4.69) is 22.1 Å². The van der Waals surface area contributed by atoms with Crippen molar-refractivity contribution in [3.8, 4) is 0 Å². The zero-order valence-electron chi connectivity index (χ0n) is 8.46. The van der Waals surface area contributed by atoms with Crippen LogP contribution in [0.15, 0.2) is 35.0 Å². The minimum Gasteiger partial charge on any atom is -0.381 e. The van der Waals surface area contributed by atoms with Gasteiger partial charge in [0.25, 0.3) is 0 Å². The fraction of sp³-hybridized carbons (Fsp3) is 0.167. The Balaban J connectivity index is 2.05. The average molecular weight is 221 g/mol. The van der Waals surface area contributed by atoms with Crippen LogP contribution in [0.5, 0.6) is 0 Å². The second-order valence-electron chi connectivity index (χ2n) is 3.44. The first-order valence-corrected chi connectivity index (χ1v) is 5.71. The van der Waals surface area contributed by atoms with Crippen molar-refractivity contribution in [2.75, 3.05) is 5.32 Å². The molecule has 1 aromatic carbocycles. The first kappa shape index (κ1) is 10.2. The Hall–Kier alpha value is -1.35. The third-order valence-electron chi connectivity index (χ3n) is 2.25. The van der Waals surface area contributed by atoms with Gasteiger partial charge in [-0.2, -0.15) is 11.3 Å². The molecule has 2 rings (SSSR count). The van der Waals surface area contributed by atoms with E-state index < -0.39 is 0 Å². The Kier molecular flexibility index (Phi) is 3.02. The van der Waals surface area contributed by atoms with Crippen LogP contribution in [0.3, 0.4) is 0 Å². The Morgan fingerprint density at radius 3 is 2.87 bits per heavy atom. The second kappa shape index (κ2) is 4.45. The predicted molar refractivity (Wildman–Crippen MR) is 62.8 cm³/mol. The highest BCUT2D eigenvalue weighted by Crippen LogP contribution is 2.17. The number of hydrogen-bond donors (Lipinski definition) is 1. The lowest BCUT2D eigenvalue weighted by molar-refractivity contribution is 0.627. The van der Waals surface area contributed by atoms with Crippen molar-refractivity contribution < 1.29 is 4.39 Å². The van der Waals surface area contributed by atoms with E-state index in [1.807, 2.05) is 6.92 Å². The van der Waals surface area contributed by atoms with E-state index in [9.17, 15) is 4.39 Å². The maximum Gasteiger partial charge on any atom is 0.123 e. The molecule has 0 radical (unpaired) electrons. The molecule has 0 aliphatic heterocycles. The summed E-state index contributed by atoms with van der Waals surface area (Å²) in [6.45, 7) is 2.69. The maximum absolute atomic E-state index is 12.8. The molecule has 1 aromatic heterocycles. The zero-order valence-corrected chi connectivity index (χ0v) is 9.27. The number of thiophene rings is 1. The van der Waals surface area contributed by atoms with Crippen LogP contribution in [0.2, 0.25) is 0 Å². The van der Waals surface area contributed by atoms with E-state index in [1.54, 1.807) is 17.4 Å². The average Bonchev–Trinajstić information content (AvgIpc) is 2.69. The number of benzene rings is 1. The van der Waals surface area contributed by atoms with Gasteiger partial charge in [-0.1, -0.05) is 0 Å². The molecule has 0 fully saturated rings. The Labute approximate surface area is 92.6 Å². The Bertz CT molecular complexity index is 437. The van der Waals surface area contributed by atoms with E-state index in [1.165, 1.54) is 17.7 Å². The number of hydrogen-bond acceptors (Lipinski definition) is 2. The smallest absolute Gasteiger partial charge is 0.123 e. The minimum absolute atomic E-state index is 0.186. The molecule has 0 atom stereocenters. The van der Waals surface area contributed by atoms with Gasteiger partial charge in [0.15, 0.2) is 0 Å². The van der Waals surface area contributed by atoms with Crippen molar-refractivity contribution in [2.45, 2.75) is 13.5 Å². The summed E-state index contributed by atoms with van der Waals surface area (Å²) in [6.07, 6.45) is 0.